The minimum atomic E-state index is -0.935. The lowest BCUT2D eigenvalue weighted by Crippen LogP contribution is -2.04. The quantitative estimate of drug-likeness (QED) is 0.248. The molecule has 0 heterocycles. The maximum Gasteiger partial charge on any atom is 0.333 e. The molecule has 0 aromatic rings. The van der Waals surface area contributed by atoms with Gasteiger partial charge in [-0.1, -0.05) is 77.4 Å². The maximum absolute atomic E-state index is 11.3. The second kappa shape index (κ2) is 18.8. The summed E-state index contributed by atoms with van der Waals surface area (Å²) in [5, 5.41) is 7.89. The molecule has 0 aliphatic heterocycles. The summed E-state index contributed by atoms with van der Waals surface area (Å²) < 4.78 is 4.74. The van der Waals surface area contributed by atoms with Crippen molar-refractivity contribution < 1.29 is 19.4 Å². The Morgan fingerprint density at radius 3 is 1.68 bits per heavy atom. The van der Waals surface area contributed by atoms with Gasteiger partial charge in [-0.3, -0.25) is 0 Å². The van der Waals surface area contributed by atoms with E-state index in [-0.39, 0.29) is 11.5 Å². The van der Waals surface area contributed by atoms with Crippen LogP contribution in [0, 0.1) is 0 Å². The molecule has 146 valence electrons. The average molecular weight is 355 g/mol. The van der Waals surface area contributed by atoms with E-state index in [0.29, 0.717) is 0 Å². The standard InChI is InChI=1S/C17H32O2.C4H6O2/c1-4-6-7-8-9-10-11-12-13-14-15-16(5-2)17(18)19-3;1-3(2)4(5)6/h5H,4,6-15H2,1-3H3;1H2,2H3,(H,5,6). The van der Waals surface area contributed by atoms with Crippen LogP contribution in [0.1, 0.15) is 91.4 Å². The van der Waals surface area contributed by atoms with E-state index < -0.39 is 5.97 Å². The van der Waals surface area contributed by atoms with Crippen molar-refractivity contribution >= 4 is 11.9 Å². The molecule has 0 aliphatic rings. The summed E-state index contributed by atoms with van der Waals surface area (Å²) in [5.74, 6) is -1.10. The summed E-state index contributed by atoms with van der Waals surface area (Å²) >= 11 is 0. The third-order valence-corrected chi connectivity index (χ3v) is 3.96. The topological polar surface area (TPSA) is 63.6 Å². The molecule has 0 saturated carbocycles. The van der Waals surface area contributed by atoms with Gasteiger partial charge in [-0.15, -0.1) is 0 Å². The normalized spacial score (nSPS) is 10.6. The van der Waals surface area contributed by atoms with E-state index in [2.05, 4.69) is 13.5 Å². The lowest BCUT2D eigenvalue weighted by Gasteiger charge is -2.05. The summed E-state index contributed by atoms with van der Waals surface area (Å²) in [7, 11) is 1.45. The zero-order chi connectivity index (χ0) is 19.5. The van der Waals surface area contributed by atoms with Crippen LogP contribution in [0.2, 0.25) is 0 Å². The Morgan fingerprint density at radius 1 is 0.960 bits per heavy atom. The Labute approximate surface area is 154 Å². The number of ether oxygens (including phenoxy) is 1. The molecule has 0 bridgehead atoms. The molecule has 0 unspecified atom stereocenters. The Morgan fingerprint density at radius 2 is 1.36 bits per heavy atom. The van der Waals surface area contributed by atoms with Gasteiger partial charge in [0.25, 0.3) is 0 Å². The van der Waals surface area contributed by atoms with Gasteiger partial charge in [0.05, 0.1) is 7.11 Å². The molecular formula is C21H38O4. The van der Waals surface area contributed by atoms with Crippen molar-refractivity contribution in [1.82, 2.24) is 0 Å². The van der Waals surface area contributed by atoms with Crippen LogP contribution in [-0.4, -0.2) is 24.2 Å². The lowest BCUT2D eigenvalue weighted by atomic mass is 10.0. The highest BCUT2D eigenvalue weighted by atomic mass is 16.5. The SMILES string of the molecule is C=C(C)C(=O)O.CC=C(CCCCCCCCCCCC)C(=O)OC. The van der Waals surface area contributed by atoms with Gasteiger partial charge < -0.3 is 9.84 Å². The molecule has 0 fully saturated rings. The number of carboxylic acids is 1. The van der Waals surface area contributed by atoms with E-state index in [4.69, 9.17) is 9.84 Å². The fourth-order valence-corrected chi connectivity index (χ4v) is 2.30. The average Bonchev–Trinajstić information content (AvgIpc) is 2.59. The molecular weight excluding hydrogens is 316 g/mol. The van der Waals surface area contributed by atoms with Crippen LogP contribution < -0.4 is 0 Å². The minimum absolute atomic E-state index is 0.168. The summed E-state index contributed by atoms with van der Waals surface area (Å²) in [5.41, 5.74) is 0.997. The monoisotopic (exact) mass is 354 g/mol. The molecule has 4 heteroatoms. The van der Waals surface area contributed by atoms with Crippen LogP contribution in [0.5, 0.6) is 0 Å². The highest BCUT2D eigenvalue weighted by molar-refractivity contribution is 5.88. The van der Waals surface area contributed by atoms with Crippen LogP contribution >= 0.6 is 0 Å². The van der Waals surface area contributed by atoms with E-state index in [0.717, 1.165) is 18.4 Å². The molecule has 25 heavy (non-hydrogen) atoms. The van der Waals surface area contributed by atoms with Crippen molar-refractivity contribution in [2.24, 2.45) is 0 Å². The fourth-order valence-electron chi connectivity index (χ4n) is 2.30. The van der Waals surface area contributed by atoms with Crippen LogP contribution in [0.3, 0.4) is 0 Å². The van der Waals surface area contributed by atoms with E-state index >= 15 is 0 Å². The Bertz CT molecular complexity index is 385. The van der Waals surface area contributed by atoms with Crippen LogP contribution in [0.25, 0.3) is 0 Å². The van der Waals surface area contributed by atoms with Gasteiger partial charge in [-0.2, -0.15) is 0 Å². The smallest absolute Gasteiger partial charge is 0.333 e. The molecule has 0 spiro atoms. The number of allylic oxidation sites excluding steroid dienone is 1. The molecule has 0 aromatic carbocycles. The summed E-state index contributed by atoms with van der Waals surface area (Å²) in [4.78, 5) is 20.9. The van der Waals surface area contributed by atoms with Gasteiger partial charge in [0.15, 0.2) is 0 Å². The number of unbranched alkanes of at least 4 members (excludes halogenated alkanes) is 9. The van der Waals surface area contributed by atoms with Gasteiger partial charge in [-0.25, -0.2) is 9.59 Å². The van der Waals surface area contributed by atoms with Gasteiger partial charge in [0.2, 0.25) is 0 Å². The first-order valence-electron chi connectivity index (χ1n) is 9.52. The molecule has 0 rings (SSSR count). The molecule has 0 amide bonds. The van der Waals surface area contributed by atoms with E-state index in [1.54, 1.807) is 0 Å². The summed E-state index contributed by atoms with van der Waals surface area (Å²) in [6.45, 7) is 8.76. The third kappa shape index (κ3) is 18.6. The van der Waals surface area contributed by atoms with Crippen molar-refractivity contribution in [3.05, 3.63) is 23.8 Å². The predicted octanol–water partition coefficient (Wildman–Crippen LogP) is 6.06. The number of methoxy groups -OCH3 is 1. The number of carboxylic acid groups (broad SMARTS) is 1. The van der Waals surface area contributed by atoms with Crippen LogP contribution in [0.4, 0.5) is 0 Å². The Hall–Kier alpha value is -1.58. The number of aliphatic carboxylic acids is 1. The van der Waals surface area contributed by atoms with Crippen LogP contribution in [0.15, 0.2) is 23.8 Å². The molecule has 4 nitrogen and oxygen atoms in total. The first-order chi connectivity index (χ1) is 11.9. The van der Waals surface area contributed by atoms with Gasteiger partial charge in [0.1, 0.15) is 0 Å². The number of hydrogen-bond acceptors (Lipinski definition) is 3. The highest BCUT2D eigenvalue weighted by Gasteiger charge is 2.07. The van der Waals surface area contributed by atoms with Gasteiger partial charge in [-0.05, 0) is 26.7 Å². The number of esters is 1. The molecule has 0 atom stereocenters. The summed E-state index contributed by atoms with van der Waals surface area (Å²) in [6.07, 6.45) is 16.0. The second-order valence-corrected chi connectivity index (χ2v) is 6.32. The molecule has 0 saturated heterocycles. The van der Waals surface area contributed by atoms with Gasteiger partial charge in [0, 0.05) is 11.1 Å². The van der Waals surface area contributed by atoms with Gasteiger partial charge >= 0.3 is 11.9 Å². The predicted molar refractivity (Wildman–Crippen MR) is 105 cm³/mol. The number of hydrogen-bond donors (Lipinski definition) is 1. The van der Waals surface area contributed by atoms with Crippen molar-refractivity contribution in [3.8, 4) is 0 Å². The molecule has 0 aliphatic carbocycles. The van der Waals surface area contributed by atoms with Crippen molar-refractivity contribution in [2.45, 2.75) is 91.4 Å². The molecule has 0 radical (unpaired) electrons. The number of rotatable bonds is 13. The van der Waals surface area contributed by atoms with Crippen molar-refractivity contribution in [2.75, 3.05) is 7.11 Å². The zero-order valence-electron chi connectivity index (χ0n) is 16.7. The van der Waals surface area contributed by atoms with Crippen LogP contribution in [-0.2, 0) is 14.3 Å². The van der Waals surface area contributed by atoms with E-state index in [1.807, 2.05) is 13.0 Å². The lowest BCUT2D eigenvalue weighted by molar-refractivity contribution is -0.136. The van der Waals surface area contributed by atoms with E-state index in [9.17, 15) is 9.59 Å². The van der Waals surface area contributed by atoms with Crippen molar-refractivity contribution in [3.63, 3.8) is 0 Å². The van der Waals surface area contributed by atoms with Crippen molar-refractivity contribution in [1.29, 1.82) is 0 Å². The zero-order valence-corrected chi connectivity index (χ0v) is 16.7. The first kappa shape index (κ1) is 25.7. The molecule has 0 aromatic heterocycles. The Kier molecular flexibility index (Phi) is 19.2. The molecule has 1 N–H and O–H groups in total. The Balaban J connectivity index is 0. The fraction of sp³-hybridized carbons (Fsp3) is 0.714. The highest BCUT2D eigenvalue weighted by Crippen LogP contribution is 2.14. The number of carbonyl (C=O) groups excluding carboxylic acids is 1. The second-order valence-electron chi connectivity index (χ2n) is 6.32. The minimum Gasteiger partial charge on any atom is -0.478 e. The third-order valence-electron chi connectivity index (χ3n) is 3.96. The summed E-state index contributed by atoms with van der Waals surface area (Å²) in [6, 6.07) is 0. The maximum atomic E-state index is 11.3. The van der Waals surface area contributed by atoms with E-state index in [1.165, 1.54) is 71.8 Å². The number of carbonyl (C=O) groups is 2. The first-order valence-corrected chi connectivity index (χ1v) is 9.52. The largest absolute Gasteiger partial charge is 0.478 e.